The summed E-state index contributed by atoms with van der Waals surface area (Å²) >= 11 is 3.62. The van der Waals surface area contributed by atoms with E-state index in [1.807, 2.05) is 18.2 Å². The molecule has 0 atom stereocenters. The fourth-order valence-electron chi connectivity index (χ4n) is 4.77. The molecule has 190 valence electrons. The highest BCUT2D eigenvalue weighted by Crippen LogP contribution is 2.42. The van der Waals surface area contributed by atoms with Crippen molar-refractivity contribution in [3.8, 4) is 0 Å². The average molecular weight is 566 g/mol. The summed E-state index contributed by atoms with van der Waals surface area (Å²) in [6, 6.07) is 28.1. The van der Waals surface area contributed by atoms with Crippen molar-refractivity contribution in [2.24, 2.45) is 0 Å². The van der Waals surface area contributed by atoms with Crippen molar-refractivity contribution in [2.45, 2.75) is 26.2 Å². The number of benzene rings is 4. The van der Waals surface area contributed by atoms with Gasteiger partial charge in [-0.1, -0.05) is 57.4 Å². The molecule has 1 N–H and O–H groups in total. The molecule has 4 aromatic carbocycles. The molecule has 1 heterocycles. The highest BCUT2D eigenvalue weighted by atomic mass is 79.9. The van der Waals surface area contributed by atoms with E-state index in [0.29, 0.717) is 5.69 Å². The van der Waals surface area contributed by atoms with Gasteiger partial charge in [-0.2, -0.15) is 13.2 Å². The van der Waals surface area contributed by atoms with Gasteiger partial charge in [0.05, 0.1) is 5.56 Å². The number of rotatable bonds is 5. The third kappa shape index (κ3) is 5.47. The van der Waals surface area contributed by atoms with Crippen molar-refractivity contribution < 1.29 is 13.2 Å². The molecule has 0 aromatic heterocycles. The lowest BCUT2D eigenvalue weighted by Gasteiger charge is -2.35. The molecule has 0 unspecified atom stereocenters. The first-order valence-electron chi connectivity index (χ1n) is 12.1. The predicted molar refractivity (Wildman–Crippen MR) is 149 cm³/mol. The van der Waals surface area contributed by atoms with Crippen LogP contribution in [0.4, 0.5) is 35.9 Å². The number of aryl methyl sites for hydroxylation is 2. The number of hydrogen-bond donors (Lipinski definition) is 1. The zero-order chi connectivity index (χ0) is 26.2. The number of alkyl halides is 3. The molecule has 5 rings (SSSR count). The Morgan fingerprint density at radius 3 is 1.86 bits per heavy atom. The second-order valence-corrected chi connectivity index (χ2v) is 10.3. The minimum Gasteiger partial charge on any atom is -0.355 e. The molecule has 7 heteroatoms. The Kier molecular flexibility index (Phi) is 6.90. The molecule has 0 aliphatic carbocycles. The minimum absolute atomic E-state index is 0.170. The van der Waals surface area contributed by atoms with Gasteiger partial charge in [0.25, 0.3) is 0 Å². The second kappa shape index (κ2) is 10.1. The summed E-state index contributed by atoms with van der Waals surface area (Å²) in [7, 11) is 0. The van der Waals surface area contributed by atoms with Gasteiger partial charge in [-0.3, -0.25) is 0 Å². The SMILES string of the molecule is Cc1ccc(N2CCN(c3ccc(C)cc3)C2c2cc(Br)ccc2Nc2cccc(C(F)(F)F)c2)cc1. The number of nitrogens with one attached hydrogen (secondary N) is 1. The third-order valence-electron chi connectivity index (χ3n) is 6.66. The summed E-state index contributed by atoms with van der Waals surface area (Å²) in [5, 5.41) is 3.28. The lowest BCUT2D eigenvalue weighted by molar-refractivity contribution is -0.137. The lowest BCUT2D eigenvalue weighted by Crippen LogP contribution is -2.31. The molecule has 0 saturated carbocycles. The molecule has 1 fully saturated rings. The third-order valence-corrected chi connectivity index (χ3v) is 7.16. The monoisotopic (exact) mass is 565 g/mol. The molecule has 4 aromatic rings. The molecule has 0 bridgehead atoms. The fraction of sp³-hybridized carbons (Fsp3) is 0.200. The van der Waals surface area contributed by atoms with E-state index in [0.717, 1.165) is 52.3 Å². The van der Waals surface area contributed by atoms with Gasteiger partial charge in [0.2, 0.25) is 0 Å². The van der Waals surface area contributed by atoms with Crippen LogP contribution in [0.15, 0.2) is 95.5 Å². The van der Waals surface area contributed by atoms with E-state index in [9.17, 15) is 13.2 Å². The zero-order valence-corrected chi connectivity index (χ0v) is 22.1. The minimum atomic E-state index is -4.41. The van der Waals surface area contributed by atoms with Gasteiger partial charge < -0.3 is 15.1 Å². The van der Waals surface area contributed by atoms with Crippen LogP contribution in [0.25, 0.3) is 0 Å². The van der Waals surface area contributed by atoms with Crippen molar-refractivity contribution in [1.29, 1.82) is 0 Å². The molecule has 1 aliphatic rings. The molecule has 1 aliphatic heterocycles. The first-order valence-corrected chi connectivity index (χ1v) is 12.9. The highest BCUT2D eigenvalue weighted by molar-refractivity contribution is 9.10. The van der Waals surface area contributed by atoms with Crippen LogP contribution >= 0.6 is 15.9 Å². The van der Waals surface area contributed by atoms with Gasteiger partial charge in [0, 0.05) is 45.9 Å². The topological polar surface area (TPSA) is 18.5 Å². The molecule has 0 spiro atoms. The van der Waals surface area contributed by atoms with Crippen molar-refractivity contribution in [2.75, 3.05) is 28.2 Å². The normalized spacial score (nSPS) is 14.3. The van der Waals surface area contributed by atoms with E-state index in [1.54, 1.807) is 6.07 Å². The first-order chi connectivity index (χ1) is 17.7. The summed E-state index contributed by atoms with van der Waals surface area (Å²) < 4.78 is 41.0. The number of hydrogen-bond acceptors (Lipinski definition) is 3. The highest BCUT2D eigenvalue weighted by Gasteiger charge is 2.36. The van der Waals surface area contributed by atoms with Gasteiger partial charge in [0.1, 0.15) is 6.17 Å². The maximum absolute atomic E-state index is 13.4. The molecule has 0 radical (unpaired) electrons. The van der Waals surface area contributed by atoms with E-state index in [-0.39, 0.29) is 6.17 Å². The van der Waals surface area contributed by atoms with Crippen molar-refractivity contribution in [1.82, 2.24) is 0 Å². The van der Waals surface area contributed by atoms with Crippen LogP contribution in [0.1, 0.15) is 28.4 Å². The van der Waals surface area contributed by atoms with Crippen LogP contribution in [0.2, 0.25) is 0 Å². The zero-order valence-electron chi connectivity index (χ0n) is 20.6. The second-order valence-electron chi connectivity index (χ2n) is 9.37. The van der Waals surface area contributed by atoms with Crippen LogP contribution < -0.4 is 15.1 Å². The molecular formula is C30H27BrF3N3. The number of anilines is 4. The Labute approximate surface area is 223 Å². The molecule has 0 amide bonds. The summed E-state index contributed by atoms with van der Waals surface area (Å²) in [5.74, 6) is 0. The maximum Gasteiger partial charge on any atom is 0.416 e. The fourth-order valence-corrected chi connectivity index (χ4v) is 5.15. The van der Waals surface area contributed by atoms with E-state index in [4.69, 9.17) is 0 Å². The number of halogens is 4. The first kappa shape index (κ1) is 25.2. The summed E-state index contributed by atoms with van der Waals surface area (Å²) in [6.07, 6.45) is -4.58. The van der Waals surface area contributed by atoms with E-state index < -0.39 is 11.7 Å². The van der Waals surface area contributed by atoms with Gasteiger partial charge in [-0.25, -0.2) is 0 Å². The van der Waals surface area contributed by atoms with Crippen molar-refractivity contribution in [3.63, 3.8) is 0 Å². The van der Waals surface area contributed by atoms with E-state index >= 15 is 0 Å². The van der Waals surface area contributed by atoms with Gasteiger partial charge >= 0.3 is 6.18 Å². The molecule has 1 saturated heterocycles. The van der Waals surface area contributed by atoms with Crippen LogP contribution in [0.3, 0.4) is 0 Å². The average Bonchev–Trinajstić information content (AvgIpc) is 3.30. The summed E-state index contributed by atoms with van der Waals surface area (Å²) in [5.41, 5.74) is 5.98. The Hall–Kier alpha value is -3.45. The lowest BCUT2D eigenvalue weighted by atomic mass is 10.1. The van der Waals surface area contributed by atoms with Gasteiger partial charge in [0.15, 0.2) is 0 Å². The standard InChI is InChI=1S/C30H27BrF3N3/c1-20-6-11-25(12-7-20)36-16-17-37(26-13-8-21(2)9-14-26)29(36)27-19-23(31)10-15-28(27)35-24-5-3-4-22(18-24)30(32,33)34/h3-15,18-19,29,35H,16-17H2,1-2H3. The van der Waals surface area contributed by atoms with Crippen molar-refractivity contribution >= 4 is 38.7 Å². The molecular weight excluding hydrogens is 539 g/mol. The number of nitrogens with zero attached hydrogens (tertiary/aromatic N) is 2. The van der Waals surface area contributed by atoms with Crippen LogP contribution in [0.5, 0.6) is 0 Å². The largest absolute Gasteiger partial charge is 0.416 e. The predicted octanol–water partition coefficient (Wildman–Crippen LogP) is 8.85. The molecule has 37 heavy (non-hydrogen) atoms. The Morgan fingerprint density at radius 2 is 1.32 bits per heavy atom. The molecule has 3 nitrogen and oxygen atoms in total. The van der Waals surface area contributed by atoms with Crippen molar-refractivity contribution in [3.05, 3.63) is 118 Å². The Balaban J connectivity index is 1.60. The van der Waals surface area contributed by atoms with Gasteiger partial charge in [-0.15, -0.1) is 0 Å². The van der Waals surface area contributed by atoms with Gasteiger partial charge in [-0.05, 0) is 74.5 Å². The van der Waals surface area contributed by atoms with Crippen LogP contribution in [-0.2, 0) is 6.18 Å². The summed E-state index contributed by atoms with van der Waals surface area (Å²) in [6.45, 7) is 5.73. The van der Waals surface area contributed by atoms with Crippen LogP contribution in [0, 0.1) is 13.8 Å². The smallest absolute Gasteiger partial charge is 0.355 e. The summed E-state index contributed by atoms with van der Waals surface area (Å²) in [4.78, 5) is 4.69. The Bertz CT molecular complexity index is 1330. The van der Waals surface area contributed by atoms with Crippen LogP contribution in [-0.4, -0.2) is 13.1 Å². The van der Waals surface area contributed by atoms with E-state index in [1.165, 1.54) is 17.2 Å². The van der Waals surface area contributed by atoms with E-state index in [2.05, 4.69) is 93.4 Å². The quantitative estimate of drug-likeness (QED) is 0.260. The Morgan fingerprint density at radius 1 is 0.757 bits per heavy atom. The maximum atomic E-state index is 13.4.